The van der Waals surface area contributed by atoms with Gasteiger partial charge in [0.2, 0.25) is 10.7 Å². The highest BCUT2D eigenvalue weighted by Crippen LogP contribution is 2.01. The maximum Gasteiger partial charge on any atom is 0.258 e. The molecule has 6 nitrogen and oxygen atoms in total. The standard InChI is InChI=1S/C9H7N5OS/c15-7(6-1-3-10-4-2-6)13-8-11-5-12-9(16)14-8/h1-5H,(H2,11,12,13,14,15,16). The molecule has 2 aromatic heterocycles. The van der Waals surface area contributed by atoms with E-state index in [4.69, 9.17) is 12.2 Å². The van der Waals surface area contributed by atoms with Gasteiger partial charge in [-0.3, -0.25) is 15.1 Å². The Morgan fingerprint density at radius 2 is 2.06 bits per heavy atom. The Morgan fingerprint density at radius 1 is 1.31 bits per heavy atom. The average molecular weight is 233 g/mol. The Bertz CT molecular complexity index is 553. The summed E-state index contributed by atoms with van der Waals surface area (Å²) < 4.78 is 0.264. The summed E-state index contributed by atoms with van der Waals surface area (Å²) in [5.74, 6) is -0.0198. The summed E-state index contributed by atoms with van der Waals surface area (Å²) in [7, 11) is 0. The molecule has 2 rings (SSSR count). The molecule has 0 aliphatic carbocycles. The van der Waals surface area contributed by atoms with E-state index < -0.39 is 0 Å². The smallest absolute Gasteiger partial charge is 0.258 e. The number of pyridine rings is 1. The molecule has 0 saturated carbocycles. The lowest BCUT2D eigenvalue weighted by atomic mass is 10.2. The predicted molar refractivity (Wildman–Crippen MR) is 59.4 cm³/mol. The van der Waals surface area contributed by atoms with Crippen LogP contribution in [0.15, 0.2) is 30.9 Å². The molecule has 2 N–H and O–H groups in total. The van der Waals surface area contributed by atoms with Crippen molar-refractivity contribution in [1.29, 1.82) is 0 Å². The molecule has 7 heteroatoms. The molecule has 0 bridgehead atoms. The second kappa shape index (κ2) is 4.58. The zero-order valence-electron chi connectivity index (χ0n) is 8.04. The lowest BCUT2D eigenvalue weighted by Crippen LogP contribution is -2.14. The zero-order valence-corrected chi connectivity index (χ0v) is 8.86. The van der Waals surface area contributed by atoms with E-state index in [1.165, 1.54) is 18.7 Å². The number of hydrogen-bond donors (Lipinski definition) is 2. The molecule has 2 aromatic rings. The number of H-pyrrole nitrogens is 1. The van der Waals surface area contributed by atoms with E-state index in [-0.39, 0.29) is 16.6 Å². The van der Waals surface area contributed by atoms with Crippen molar-refractivity contribution in [1.82, 2.24) is 19.9 Å². The second-order valence-corrected chi connectivity index (χ2v) is 3.23. The SMILES string of the molecule is O=C(Nc1ncnc(=S)[nH]1)c1ccncc1. The monoisotopic (exact) mass is 233 g/mol. The van der Waals surface area contributed by atoms with Crippen LogP contribution in [0.2, 0.25) is 0 Å². The lowest BCUT2D eigenvalue weighted by Gasteiger charge is -2.02. The fraction of sp³-hybridized carbons (Fsp3) is 0. The van der Waals surface area contributed by atoms with Gasteiger partial charge in [-0.1, -0.05) is 0 Å². The highest BCUT2D eigenvalue weighted by molar-refractivity contribution is 7.71. The zero-order chi connectivity index (χ0) is 11.4. The maximum absolute atomic E-state index is 11.7. The van der Waals surface area contributed by atoms with Crippen LogP contribution in [-0.2, 0) is 0 Å². The van der Waals surface area contributed by atoms with Crippen LogP contribution in [-0.4, -0.2) is 25.8 Å². The summed E-state index contributed by atoms with van der Waals surface area (Å²) in [6.45, 7) is 0. The van der Waals surface area contributed by atoms with Crippen LogP contribution in [0.4, 0.5) is 5.95 Å². The van der Waals surface area contributed by atoms with E-state index in [0.717, 1.165) is 0 Å². The number of carbonyl (C=O) groups is 1. The molecule has 1 amide bonds. The van der Waals surface area contributed by atoms with E-state index in [2.05, 4.69) is 25.3 Å². The molecule has 0 unspecified atom stereocenters. The van der Waals surface area contributed by atoms with Gasteiger partial charge in [0, 0.05) is 18.0 Å². The summed E-state index contributed by atoms with van der Waals surface area (Å²) in [4.78, 5) is 25.7. The largest absolute Gasteiger partial charge is 0.301 e. The van der Waals surface area contributed by atoms with E-state index in [0.29, 0.717) is 5.56 Å². The molecule has 0 radical (unpaired) electrons. The molecule has 0 aromatic carbocycles. The molecule has 0 fully saturated rings. The quantitative estimate of drug-likeness (QED) is 0.761. The lowest BCUT2D eigenvalue weighted by molar-refractivity contribution is 0.102. The minimum atomic E-state index is -0.285. The van der Waals surface area contributed by atoms with Gasteiger partial charge < -0.3 is 4.98 Å². The average Bonchev–Trinajstić information content (AvgIpc) is 2.30. The van der Waals surface area contributed by atoms with Crippen LogP contribution in [0.5, 0.6) is 0 Å². The van der Waals surface area contributed by atoms with Gasteiger partial charge in [-0.15, -0.1) is 0 Å². The number of aromatic amines is 1. The van der Waals surface area contributed by atoms with Crippen LogP contribution < -0.4 is 5.32 Å². The minimum Gasteiger partial charge on any atom is -0.301 e. The third kappa shape index (κ3) is 2.45. The molecule has 0 aliphatic heterocycles. The minimum absolute atomic E-state index is 0.264. The van der Waals surface area contributed by atoms with Crippen molar-refractivity contribution in [3.05, 3.63) is 41.2 Å². The molecule has 0 aliphatic rings. The van der Waals surface area contributed by atoms with Gasteiger partial charge >= 0.3 is 0 Å². The molecule has 80 valence electrons. The van der Waals surface area contributed by atoms with Crippen LogP contribution >= 0.6 is 12.2 Å². The van der Waals surface area contributed by atoms with Gasteiger partial charge in [-0.2, -0.15) is 0 Å². The number of aromatic nitrogens is 4. The number of anilines is 1. The summed E-state index contributed by atoms with van der Waals surface area (Å²) in [6.07, 6.45) is 4.36. The fourth-order valence-electron chi connectivity index (χ4n) is 1.05. The summed E-state index contributed by atoms with van der Waals surface area (Å²) in [6, 6.07) is 3.20. The highest BCUT2D eigenvalue weighted by atomic mass is 32.1. The first-order valence-electron chi connectivity index (χ1n) is 4.38. The Hall–Kier alpha value is -2.15. The van der Waals surface area contributed by atoms with Crippen molar-refractivity contribution in [2.24, 2.45) is 0 Å². The number of hydrogen-bond acceptors (Lipinski definition) is 5. The third-order valence-electron chi connectivity index (χ3n) is 1.76. The summed E-state index contributed by atoms with van der Waals surface area (Å²) in [5.41, 5.74) is 0.493. The van der Waals surface area contributed by atoms with Crippen LogP contribution in [0, 0.1) is 4.77 Å². The van der Waals surface area contributed by atoms with Crippen molar-refractivity contribution in [2.45, 2.75) is 0 Å². The first kappa shape index (κ1) is 10.4. The molecule has 2 heterocycles. The van der Waals surface area contributed by atoms with Gasteiger partial charge in [0.05, 0.1) is 0 Å². The number of amides is 1. The van der Waals surface area contributed by atoms with Gasteiger partial charge in [-0.25, -0.2) is 9.97 Å². The Balaban J connectivity index is 2.17. The van der Waals surface area contributed by atoms with Gasteiger partial charge in [-0.05, 0) is 24.4 Å². The van der Waals surface area contributed by atoms with Crippen molar-refractivity contribution in [3.8, 4) is 0 Å². The number of rotatable bonds is 2. The fourth-order valence-corrected chi connectivity index (χ4v) is 1.20. The predicted octanol–water partition coefficient (Wildman–Crippen LogP) is 1.18. The number of nitrogens with one attached hydrogen (secondary N) is 2. The molecule has 16 heavy (non-hydrogen) atoms. The maximum atomic E-state index is 11.7. The Kier molecular flexibility index (Phi) is 2.97. The first-order chi connectivity index (χ1) is 7.75. The Morgan fingerprint density at radius 3 is 2.75 bits per heavy atom. The normalized spacial score (nSPS) is 9.75. The second-order valence-electron chi connectivity index (χ2n) is 2.84. The van der Waals surface area contributed by atoms with Crippen molar-refractivity contribution < 1.29 is 4.79 Å². The van der Waals surface area contributed by atoms with Crippen LogP contribution in [0.3, 0.4) is 0 Å². The van der Waals surface area contributed by atoms with Crippen molar-refractivity contribution >= 4 is 24.1 Å². The molecular weight excluding hydrogens is 226 g/mol. The van der Waals surface area contributed by atoms with Crippen molar-refractivity contribution in [3.63, 3.8) is 0 Å². The van der Waals surface area contributed by atoms with Crippen molar-refractivity contribution in [2.75, 3.05) is 5.32 Å². The topological polar surface area (TPSA) is 83.6 Å². The van der Waals surface area contributed by atoms with Gasteiger partial charge in [0.15, 0.2) is 0 Å². The summed E-state index contributed by atoms with van der Waals surface area (Å²) in [5, 5.41) is 2.56. The summed E-state index contributed by atoms with van der Waals surface area (Å²) >= 11 is 4.80. The van der Waals surface area contributed by atoms with E-state index in [1.54, 1.807) is 12.1 Å². The van der Waals surface area contributed by atoms with E-state index in [9.17, 15) is 4.79 Å². The first-order valence-corrected chi connectivity index (χ1v) is 4.79. The Labute approximate surface area is 95.8 Å². The van der Waals surface area contributed by atoms with E-state index in [1.807, 2.05) is 0 Å². The number of nitrogens with zero attached hydrogens (tertiary/aromatic N) is 3. The third-order valence-corrected chi connectivity index (χ3v) is 1.97. The van der Waals surface area contributed by atoms with E-state index >= 15 is 0 Å². The molecular formula is C9H7N5OS. The highest BCUT2D eigenvalue weighted by Gasteiger charge is 2.05. The molecule has 0 spiro atoms. The molecule has 0 saturated heterocycles. The van der Waals surface area contributed by atoms with Crippen LogP contribution in [0.1, 0.15) is 10.4 Å². The van der Waals surface area contributed by atoms with Gasteiger partial charge in [0.25, 0.3) is 5.91 Å². The van der Waals surface area contributed by atoms with Gasteiger partial charge in [0.1, 0.15) is 6.33 Å². The van der Waals surface area contributed by atoms with Crippen LogP contribution in [0.25, 0.3) is 0 Å². The number of carbonyl (C=O) groups excluding carboxylic acids is 1. The molecule has 0 atom stereocenters.